The minimum Gasteiger partial charge on any atom is -0.396 e. The van der Waals surface area contributed by atoms with Gasteiger partial charge in [0, 0.05) is 41.0 Å². The van der Waals surface area contributed by atoms with Crippen molar-refractivity contribution in [3.63, 3.8) is 0 Å². The Hall–Kier alpha value is -3.49. The molecule has 0 saturated carbocycles. The number of carbonyl (C=O) groups is 2. The van der Waals surface area contributed by atoms with E-state index in [4.69, 9.17) is 5.73 Å². The van der Waals surface area contributed by atoms with Crippen LogP contribution in [0, 0.1) is 6.92 Å². The standard InChI is InChI=1S/C25H26N4O3S/c1-17(29(16-31)15-22-14-27-18(2)28-24(22)26)23(11-12-30)33-25(32)21-10-6-9-20(13-21)19-7-4-3-5-8-19/h3-10,13-14,16,30H,11-12,15H2,1-2H3,(H2,26,27,28)/b23-17-. The van der Waals surface area contributed by atoms with Gasteiger partial charge in [-0.15, -0.1) is 0 Å². The average Bonchev–Trinajstić information content (AvgIpc) is 2.83. The number of amides is 1. The van der Waals surface area contributed by atoms with Crippen molar-refractivity contribution in [3.8, 4) is 11.1 Å². The molecule has 0 aliphatic carbocycles. The first-order valence-electron chi connectivity index (χ1n) is 10.4. The van der Waals surface area contributed by atoms with Gasteiger partial charge in [-0.1, -0.05) is 48.5 Å². The molecule has 33 heavy (non-hydrogen) atoms. The summed E-state index contributed by atoms with van der Waals surface area (Å²) < 4.78 is 0. The van der Waals surface area contributed by atoms with E-state index >= 15 is 0 Å². The SMILES string of the molecule is C/C(=C(\CCO)SC(=O)c1cccc(-c2ccccc2)c1)N(C=O)Cc1cnc(C)nc1N. The molecular formula is C25H26N4O3S. The van der Waals surface area contributed by atoms with E-state index < -0.39 is 0 Å². The summed E-state index contributed by atoms with van der Waals surface area (Å²) in [5, 5.41) is 9.41. The molecule has 0 unspecified atom stereocenters. The van der Waals surface area contributed by atoms with Crippen LogP contribution in [0.25, 0.3) is 11.1 Å². The maximum atomic E-state index is 13.1. The van der Waals surface area contributed by atoms with Crippen molar-refractivity contribution in [2.24, 2.45) is 0 Å². The second-order valence-electron chi connectivity index (χ2n) is 7.38. The predicted octanol–water partition coefficient (Wildman–Crippen LogP) is 4.18. The molecule has 0 fully saturated rings. The molecule has 0 aliphatic heterocycles. The second kappa shape index (κ2) is 11.4. The summed E-state index contributed by atoms with van der Waals surface area (Å²) in [5.74, 6) is 0.841. The van der Waals surface area contributed by atoms with Crippen molar-refractivity contribution in [2.75, 3.05) is 12.3 Å². The van der Waals surface area contributed by atoms with E-state index in [-0.39, 0.29) is 24.7 Å². The van der Waals surface area contributed by atoms with Crippen LogP contribution in [-0.2, 0) is 11.3 Å². The maximum absolute atomic E-state index is 13.1. The molecule has 3 rings (SSSR count). The molecule has 1 aromatic heterocycles. The van der Waals surface area contributed by atoms with Crippen molar-refractivity contribution in [1.82, 2.24) is 14.9 Å². The third-order valence-electron chi connectivity index (χ3n) is 5.08. The Bertz CT molecular complexity index is 1170. The molecule has 3 aromatic rings. The molecule has 2 aromatic carbocycles. The fourth-order valence-corrected chi connectivity index (χ4v) is 4.17. The Morgan fingerprint density at radius 1 is 1.15 bits per heavy atom. The summed E-state index contributed by atoms with van der Waals surface area (Å²) in [6.07, 6.45) is 2.50. The van der Waals surface area contributed by atoms with Gasteiger partial charge in [0.2, 0.25) is 11.5 Å². The summed E-state index contributed by atoms with van der Waals surface area (Å²) >= 11 is 1.01. The topological polar surface area (TPSA) is 109 Å². The van der Waals surface area contributed by atoms with Gasteiger partial charge in [-0.3, -0.25) is 9.59 Å². The molecule has 0 radical (unpaired) electrons. The molecule has 0 spiro atoms. The normalized spacial score (nSPS) is 11.6. The van der Waals surface area contributed by atoms with Crippen LogP contribution >= 0.6 is 11.8 Å². The molecule has 8 heteroatoms. The molecule has 3 N–H and O–H groups in total. The van der Waals surface area contributed by atoms with Crippen LogP contribution in [0.2, 0.25) is 0 Å². The molecule has 0 bridgehead atoms. The lowest BCUT2D eigenvalue weighted by Crippen LogP contribution is -2.22. The van der Waals surface area contributed by atoms with Gasteiger partial charge < -0.3 is 15.7 Å². The Kier molecular flexibility index (Phi) is 8.34. The fourth-order valence-electron chi connectivity index (χ4n) is 3.25. The highest BCUT2D eigenvalue weighted by Gasteiger charge is 2.18. The van der Waals surface area contributed by atoms with E-state index in [2.05, 4.69) is 9.97 Å². The van der Waals surface area contributed by atoms with Gasteiger partial charge in [0.05, 0.1) is 6.54 Å². The highest BCUT2D eigenvalue weighted by Crippen LogP contribution is 2.30. The van der Waals surface area contributed by atoms with Crippen molar-refractivity contribution in [2.45, 2.75) is 26.8 Å². The molecule has 0 saturated heterocycles. The molecule has 0 atom stereocenters. The number of carbonyl (C=O) groups excluding carboxylic acids is 2. The number of thioether (sulfide) groups is 1. The second-order valence-corrected chi connectivity index (χ2v) is 8.45. The Morgan fingerprint density at radius 2 is 1.88 bits per heavy atom. The van der Waals surface area contributed by atoms with Crippen molar-refractivity contribution < 1.29 is 14.7 Å². The quantitative estimate of drug-likeness (QED) is 0.459. The summed E-state index contributed by atoms with van der Waals surface area (Å²) in [5.41, 5.74) is 9.63. The van der Waals surface area contributed by atoms with Crippen LogP contribution in [0.15, 0.2) is 71.4 Å². The number of aromatic nitrogens is 2. The lowest BCUT2D eigenvalue weighted by atomic mass is 10.0. The molecular weight excluding hydrogens is 436 g/mol. The van der Waals surface area contributed by atoms with Crippen LogP contribution in [-0.4, -0.2) is 38.1 Å². The third-order valence-corrected chi connectivity index (χ3v) is 6.25. The number of aliphatic hydroxyl groups excluding tert-OH is 1. The predicted molar refractivity (Wildman–Crippen MR) is 131 cm³/mol. The fraction of sp³-hybridized carbons (Fsp3) is 0.200. The van der Waals surface area contributed by atoms with Gasteiger partial charge >= 0.3 is 0 Å². The number of allylic oxidation sites excluding steroid dienone is 1. The number of nitrogens with zero attached hydrogens (tertiary/aromatic N) is 3. The first-order valence-corrected chi connectivity index (χ1v) is 11.2. The first-order chi connectivity index (χ1) is 15.9. The van der Waals surface area contributed by atoms with Crippen molar-refractivity contribution >= 4 is 29.1 Å². The largest absolute Gasteiger partial charge is 0.396 e. The van der Waals surface area contributed by atoms with E-state index in [1.54, 1.807) is 26.1 Å². The molecule has 7 nitrogen and oxygen atoms in total. The first kappa shape index (κ1) is 24.2. The smallest absolute Gasteiger partial charge is 0.223 e. The summed E-state index contributed by atoms with van der Waals surface area (Å²) in [6, 6.07) is 17.2. The van der Waals surface area contributed by atoms with Gasteiger partial charge in [0.1, 0.15) is 11.6 Å². The van der Waals surface area contributed by atoms with E-state index in [0.29, 0.717) is 39.8 Å². The number of aliphatic hydroxyl groups is 1. The van der Waals surface area contributed by atoms with Gasteiger partial charge in [0.15, 0.2) is 0 Å². The lowest BCUT2D eigenvalue weighted by molar-refractivity contribution is -0.116. The molecule has 0 aliphatic rings. The monoisotopic (exact) mass is 462 g/mol. The zero-order chi connectivity index (χ0) is 23.8. The van der Waals surface area contributed by atoms with Crippen LogP contribution in [0.1, 0.15) is 35.1 Å². The number of rotatable bonds is 9. The number of hydrogen-bond acceptors (Lipinski definition) is 7. The van der Waals surface area contributed by atoms with Crippen LogP contribution in [0.4, 0.5) is 5.82 Å². The minimum atomic E-state index is -0.167. The molecule has 1 heterocycles. The highest BCUT2D eigenvalue weighted by molar-refractivity contribution is 8.17. The zero-order valence-electron chi connectivity index (χ0n) is 18.6. The molecule has 1 amide bonds. The van der Waals surface area contributed by atoms with Crippen molar-refractivity contribution in [3.05, 3.63) is 88.3 Å². The highest BCUT2D eigenvalue weighted by atomic mass is 32.2. The summed E-state index contributed by atoms with van der Waals surface area (Å²) in [4.78, 5) is 35.2. The zero-order valence-corrected chi connectivity index (χ0v) is 19.4. The number of benzene rings is 2. The van der Waals surface area contributed by atoms with Gasteiger partial charge in [-0.25, -0.2) is 9.97 Å². The van der Waals surface area contributed by atoms with Gasteiger partial charge in [0.25, 0.3) is 0 Å². The molecule has 170 valence electrons. The number of hydrogen-bond donors (Lipinski definition) is 2. The number of aryl methyl sites for hydroxylation is 1. The maximum Gasteiger partial charge on any atom is 0.223 e. The Labute approximate surface area is 197 Å². The number of anilines is 1. The van der Waals surface area contributed by atoms with Crippen LogP contribution in [0.5, 0.6) is 0 Å². The van der Waals surface area contributed by atoms with Crippen LogP contribution < -0.4 is 5.73 Å². The number of nitrogen functional groups attached to an aromatic ring is 1. The minimum absolute atomic E-state index is 0.153. The van der Waals surface area contributed by atoms with Crippen LogP contribution in [0.3, 0.4) is 0 Å². The van der Waals surface area contributed by atoms with Gasteiger partial charge in [-0.05, 0) is 42.8 Å². The average molecular weight is 463 g/mol. The van der Waals surface area contributed by atoms with E-state index in [1.807, 2.05) is 48.5 Å². The summed E-state index contributed by atoms with van der Waals surface area (Å²) in [6.45, 7) is 3.48. The van der Waals surface area contributed by atoms with E-state index in [0.717, 1.165) is 22.9 Å². The van der Waals surface area contributed by atoms with E-state index in [9.17, 15) is 14.7 Å². The van der Waals surface area contributed by atoms with Crippen molar-refractivity contribution in [1.29, 1.82) is 0 Å². The van der Waals surface area contributed by atoms with E-state index in [1.165, 1.54) is 4.90 Å². The summed E-state index contributed by atoms with van der Waals surface area (Å²) in [7, 11) is 0. The Balaban J connectivity index is 1.85. The lowest BCUT2D eigenvalue weighted by Gasteiger charge is -2.22. The number of nitrogens with two attached hydrogens (primary N) is 1. The Morgan fingerprint density at radius 3 is 2.55 bits per heavy atom. The third kappa shape index (κ3) is 6.27. The van der Waals surface area contributed by atoms with Gasteiger partial charge in [-0.2, -0.15) is 0 Å².